The third-order valence-electron chi connectivity index (χ3n) is 3.75. The molecule has 1 saturated carbocycles. The molecule has 2 N–H and O–H groups in total. The van der Waals surface area contributed by atoms with E-state index in [1.54, 1.807) is 6.92 Å². The predicted molar refractivity (Wildman–Crippen MR) is 53.7 cm³/mol. The van der Waals surface area contributed by atoms with E-state index in [0.29, 0.717) is 30.6 Å². The summed E-state index contributed by atoms with van der Waals surface area (Å²) in [5.74, 6) is 1.42. The van der Waals surface area contributed by atoms with Crippen LogP contribution in [0.4, 0.5) is 4.39 Å². The van der Waals surface area contributed by atoms with Gasteiger partial charge in [0.05, 0.1) is 0 Å². The van der Waals surface area contributed by atoms with E-state index in [4.69, 9.17) is 10.5 Å². The van der Waals surface area contributed by atoms with Gasteiger partial charge in [0.15, 0.2) is 0 Å². The summed E-state index contributed by atoms with van der Waals surface area (Å²) in [6.07, 6.45) is 2.36. The van der Waals surface area contributed by atoms with E-state index in [2.05, 4.69) is 0 Å². The second kappa shape index (κ2) is 3.78. The minimum absolute atomic E-state index is 0.404. The molecule has 2 bridgehead atoms. The normalized spacial score (nSPS) is 47.8. The Morgan fingerprint density at radius 3 is 2.43 bits per heavy atom. The van der Waals surface area contributed by atoms with Crippen LogP contribution in [0.15, 0.2) is 0 Å². The third-order valence-corrected chi connectivity index (χ3v) is 3.75. The highest BCUT2D eigenvalue weighted by molar-refractivity contribution is 4.94. The number of alkyl halides is 1. The Labute approximate surface area is 85.0 Å². The van der Waals surface area contributed by atoms with Crippen molar-refractivity contribution in [1.29, 1.82) is 0 Å². The Hall–Kier alpha value is -0.150. The highest BCUT2D eigenvalue weighted by Gasteiger charge is 2.45. The zero-order valence-corrected chi connectivity index (χ0v) is 8.84. The maximum Gasteiger partial charge on any atom is 0.109 e. The molecule has 0 aromatic rings. The molecule has 0 radical (unpaired) electrons. The van der Waals surface area contributed by atoms with Crippen LogP contribution in [0, 0.1) is 17.8 Å². The number of hydrogen-bond acceptors (Lipinski definition) is 2. The average Bonchev–Trinajstić information content (AvgIpc) is 2.06. The molecule has 0 aromatic heterocycles. The molecule has 0 amide bonds. The van der Waals surface area contributed by atoms with Crippen LogP contribution in [0.3, 0.4) is 0 Å². The van der Waals surface area contributed by atoms with Gasteiger partial charge >= 0.3 is 0 Å². The fourth-order valence-electron chi connectivity index (χ4n) is 3.26. The van der Waals surface area contributed by atoms with Crippen molar-refractivity contribution < 1.29 is 9.13 Å². The lowest BCUT2D eigenvalue weighted by molar-refractivity contribution is -0.103. The first kappa shape index (κ1) is 10.4. The van der Waals surface area contributed by atoms with Crippen molar-refractivity contribution in [1.82, 2.24) is 0 Å². The Morgan fingerprint density at radius 1 is 1.36 bits per heavy atom. The van der Waals surface area contributed by atoms with Crippen molar-refractivity contribution >= 4 is 0 Å². The second-order valence-corrected chi connectivity index (χ2v) is 5.12. The van der Waals surface area contributed by atoms with E-state index < -0.39 is 5.67 Å². The summed E-state index contributed by atoms with van der Waals surface area (Å²) in [5, 5.41) is 0. The molecule has 14 heavy (non-hydrogen) atoms. The van der Waals surface area contributed by atoms with Crippen LogP contribution in [0.5, 0.6) is 0 Å². The van der Waals surface area contributed by atoms with E-state index in [9.17, 15) is 4.39 Å². The summed E-state index contributed by atoms with van der Waals surface area (Å²) in [6.45, 7) is 3.93. The van der Waals surface area contributed by atoms with E-state index in [1.807, 2.05) is 0 Å². The molecule has 0 spiro atoms. The van der Waals surface area contributed by atoms with Gasteiger partial charge < -0.3 is 10.5 Å². The van der Waals surface area contributed by atoms with Gasteiger partial charge in [-0.15, -0.1) is 0 Å². The van der Waals surface area contributed by atoms with Crippen LogP contribution in [-0.2, 0) is 4.74 Å². The van der Waals surface area contributed by atoms with E-state index in [1.165, 1.54) is 0 Å². The SMILES string of the molecule is CC1(F)CC2COCC(C1)C2CCN. The lowest BCUT2D eigenvalue weighted by Gasteiger charge is -2.47. The number of halogens is 1. The molecule has 2 atom stereocenters. The summed E-state index contributed by atoms with van der Waals surface area (Å²) in [5.41, 5.74) is 4.63. The Balaban J connectivity index is 2.07. The van der Waals surface area contributed by atoms with Crippen LogP contribution in [-0.4, -0.2) is 25.4 Å². The first-order valence-corrected chi connectivity index (χ1v) is 5.59. The van der Waals surface area contributed by atoms with E-state index in [0.717, 1.165) is 26.2 Å². The zero-order valence-electron chi connectivity index (χ0n) is 8.84. The fraction of sp³-hybridized carbons (Fsp3) is 1.00. The van der Waals surface area contributed by atoms with Crippen molar-refractivity contribution in [3.05, 3.63) is 0 Å². The molecule has 1 aliphatic carbocycles. The van der Waals surface area contributed by atoms with Gasteiger partial charge in [0.25, 0.3) is 0 Å². The van der Waals surface area contributed by atoms with Crippen molar-refractivity contribution in [3.8, 4) is 0 Å². The summed E-state index contributed by atoms with van der Waals surface area (Å²) < 4.78 is 19.4. The number of fused-ring (bicyclic) bond motifs is 2. The Bertz CT molecular complexity index is 191. The first-order chi connectivity index (χ1) is 6.62. The third kappa shape index (κ3) is 1.94. The van der Waals surface area contributed by atoms with Gasteiger partial charge in [0.1, 0.15) is 5.67 Å². The molecule has 2 rings (SSSR count). The monoisotopic (exact) mass is 201 g/mol. The molecule has 2 unspecified atom stereocenters. The summed E-state index contributed by atoms with van der Waals surface area (Å²) in [4.78, 5) is 0. The standard InChI is InChI=1S/C11H20FNO/c1-11(12)4-8-6-14-7-9(5-11)10(8)2-3-13/h8-10H,2-7,13H2,1H3. The maximum atomic E-state index is 13.9. The van der Waals surface area contributed by atoms with Gasteiger partial charge in [0.2, 0.25) is 0 Å². The van der Waals surface area contributed by atoms with Gasteiger partial charge in [-0.25, -0.2) is 4.39 Å². The van der Waals surface area contributed by atoms with Gasteiger partial charge in [0, 0.05) is 13.2 Å². The number of rotatable bonds is 2. The Morgan fingerprint density at radius 2 is 1.93 bits per heavy atom. The lowest BCUT2D eigenvalue weighted by atomic mass is 9.65. The van der Waals surface area contributed by atoms with E-state index >= 15 is 0 Å². The maximum absolute atomic E-state index is 13.9. The van der Waals surface area contributed by atoms with E-state index in [-0.39, 0.29) is 0 Å². The highest BCUT2D eigenvalue weighted by atomic mass is 19.1. The smallest absolute Gasteiger partial charge is 0.109 e. The largest absolute Gasteiger partial charge is 0.381 e. The first-order valence-electron chi connectivity index (χ1n) is 5.59. The molecule has 0 aromatic carbocycles. The minimum Gasteiger partial charge on any atom is -0.381 e. The van der Waals surface area contributed by atoms with Crippen LogP contribution >= 0.6 is 0 Å². The zero-order chi connectivity index (χ0) is 10.2. The molecule has 1 saturated heterocycles. The topological polar surface area (TPSA) is 35.2 Å². The molecular formula is C11H20FNO. The lowest BCUT2D eigenvalue weighted by Crippen LogP contribution is -2.47. The molecule has 2 aliphatic rings. The highest BCUT2D eigenvalue weighted by Crippen LogP contribution is 2.46. The second-order valence-electron chi connectivity index (χ2n) is 5.12. The van der Waals surface area contributed by atoms with Crippen molar-refractivity contribution in [3.63, 3.8) is 0 Å². The average molecular weight is 201 g/mol. The van der Waals surface area contributed by atoms with Gasteiger partial charge in [-0.2, -0.15) is 0 Å². The van der Waals surface area contributed by atoms with Gasteiger partial charge in [-0.1, -0.05) is 0 Å². The van der Waals surface area contributed by atoms with Crippen molar-refractivity contribution in [2.45, 2.75) is 31.9 Å². The quantitative estimate of drug-likeness (QED) is 0.738. The molecule has 82 valence electrons. The predicted octanol–water partition coefficient (Wildman–Crippen LogP) is 1.74. The van der Waals surface area contributed by atoms with Crippen molar-refractivity contribution in [2.75, 3.05) is 19.8 Å². The number of nitrogens with two attached hydrogens (primary N) is 1. The molecule has 3 heteroatoms. The molecule has 2 nitrogen and oxygen atoms in total. The molecule has 1 heterocycles. The fourth-order valence-corrected chi connectivity index (χ4v) is 3.26. The van der Waals surface area contributed by atoms with Crippen LogP contribution in [0.25, 0.3) is 0 Å². The summed E-state index contributed by atoms with van der Waals surface area (Å²) in [6, 6.07) is 0. The van der Waals surface area contributed by atoms with Crippen LogP contribution in [0.2, 0.25) is 0 Å². The van der Waals surface area contributed by atoms with Gasteiger partial charge in [-0.3, -0.25) is 0 Å². The summed E-state index contributed by atoms with van der Waals surface area (Å²) in [7, 11) is 0. The minimum atomic E-state index is -0.968. The van der Waals surface area contributed by atoms with Crippen LogP contribution < -0.4 is 5.73 Å². The number of ether oxygens (including phenoxy) is 1. The van der Waals surface area contributed by atoms with Crippen LogP contribution in [0.1, 0.15) is 26.2 Å². The Kier molecular flexibility index (Phi) is 2.80. The van der Waals surface area contributed by atoms with Gasteiger partial charge in [-0.05, 0) is 50.5 Å². The number of hydrogen-bond donors (Lipinski definition) is 1. The van der Waals surface area contributed by atoms with Crippen molar-refractivity contribution in [2.24, 2.45) is 23.5 Å². The molecule has 1 aliphatic heterocycles. The molecule has 2 fully saturated rings. The summed E-state index contributed by atoms with van der Waals surface area (Å²) >= 11 is 0. The molecular weight excluding hydrogens is 181 g/mol.